The number of anilines is 3. The van der Waals surface area contributed by atoms with Crippen LogP contribution in [0.2, 0.25) is 0 Å². The molecule has 2 heterocycles. The highest BCUT2D eigenvalue weighted by atomic mass is 16.6. The highest BCUT2D eigenvalue weighted by Crippen LogP contribution is 2.57. The third-order valence-corrected chi connectivity index (χ3v) is 7.38. The topological polar surface area (TPSA) is 50.8 Å². The molecule has 4 aromatic rings. The van der Waals surface area contributed by atoms with E-state index < -0.39 is 5.60 Å². The molecule has 2 aliphatic rings. The van der Waals surface area contributed by atoms with Gasteiger partial charge in [0.1, 0.15) is 11.5 Å². The highest BCUT2D eigenvalue weighted by molar-refractivity contribution is 5.97. The van der Waals surface area contributed by atoms with Crippen LogP contribution in [0.15, 0.2) is 84.9 Å². The van der Waals surface area contributed by atoms with Gasteiger partial charge < -0.3 is 19.7 Å². The molecule has 4 aromatic carbocycles. The van der Waals surface area contributed by atoms with Gasteiger partial charge >= 0.3 is 5.97 Å². The largest absolute Gasteiger partial charge is 0.456 e. The molecule has 2 aliphatic heterocycles. The van der Waals surface area contributed by atoms with E-state index in [9.17, 15) is 4.79 Å². The molecule has 1 unspecified atom stereocenters. The average molecular weight is 491 g/mol. The minimum atomic E-state index is -1.09. The van der Waals surface area contributed by atoms with Crippen LogP contribution in [0.5, 0.6) is 11.5 Å². The molecule has 0 amide bonds. The SMILES string of the molecule is CCCCN(C)c1ccc2c(c1)Oc1cc(C)c(Nc3ccccc3)cc1C21OC(=O)c2ccccc21. The molecule has 37 heavy (non-hydrogen) atoms. The number of ether oxygens (including phenoxy) is 2. The molecule has 0 bridgehead atoms. The maximum atomic E-state index is 13.2. The number of benzene rings is 4. The van der Waals surface area contributed by atoms with Crippen LogP contribution >= 0.6 is 0 Å². The van der Waals surface area contributed by atoms with Crippen LogP contribution in [0.4, 0.5) is 17.1 Å². The first-order chi connectivity index (χ1) is 18.0. The fourth-order valence-electron chi connectivity index (χ4n) is 5.38. The number of rotatable bonds is 6. The van der Waals surface area contributed by atoms with Crippen LogP contribution in [0.25, 0.3) is 0 Å². The zero-order chi connectivity index (χ0) is 25.6. The summed E-state index contributed by atoms with van der Waals surface area (Å²) < 4.78 is 12.9. The fraction of sp³-hybridized carbons (Fsp3) is 0.219. The zero-order valence-electron chi connectivity index (χ0n) is 21.4. The quantitative estimate of drug-likeness (QED) is 0.283. The van der Waals surface area contributed by atoms with Gasteiger partial charge in [-0.15, -0.1) is 0 Å². The van der Waals surface area contributed by atoms with E-state index in [1.54, 1.807) is 0 Å². The average Bonchev–Trinajstić information content (AvgIpc) is 3.21. The number of aryl methyl sites for hydroxylation is 1. The zero-order valence-corrected chi connectivity index (χ0v) is 21.4. The molecule has 0 aliphatic carbocycles. The van der Waals surface area contributed by atoms with E-state index in [0.717, 1.165) is 58.7 Å². The molecule has 5 nitrogen and oxygen atoms in total. The number of unbranched alkanes of at least 4 members (excludes halogenated alkanes) is 1. The Morgan fingerprint density at radius 2 is 1.62 bits per heavy atom. The van der Waals surface area contributed by atoms with Gasteiger partial charge in [-0.05, 0) is 61.4 Å². The van der Waals surface area contributed by atoms with Gasteiger partial charge in [0, 0.05) is 53.4 Å². The van der Waals surface area contributed by atoms with Crippen molar-refractivity contribution < 1.29 is 14.3 Å². The smallest absolute Gasteiger partial charge is 0.340 e. The molecule has 1 N–H and O–H groups in total. The summed E-state index contributed by atoms with van der Waals surface area (Å²) in [6, 6.07) is 28.0. The summed E-state index contributed by atoms with van der Waals surface area (Å²) in [6.07, 6.45) is 2.25. The van der Waals surface area contributed by atoms with Crippen molar-refractivity contribution in [2.45, 2.75) is 32.3 Å². The summed E-state index contributed by atoms with van der Waals surface area (Å²) in [4.78, 5) is 15.4. The number of fused-ring (bicyclic) bond motifs is 6. The van der Waals surface area contributed by atoms with Crippen molar-refractivity contribution in [3.8, 4) is 11.5 Å². The first kappa shape index (κ1) is 23.2. The molecule has 1 atom stereocenters. The summed E-state index contributed by atoms with van der Waals surface area (Å²) >= 11 is 0. The third-order valence-electron chi connectivity index (χ3n) is 7.38. The molecule has 0 fully saturated rings. The number of hydrogen-bond acceptors (Lipinski definition) is 5. The second-order valence-electron chi connectivity index (χ2n) is 9.83. The number of carbonyl (C=O) groups excluding carboxylic acids is 1. The van der Waals surface area contributed by atoms with E-state index in [4.69, 9.17) is 9.47 Å². The third kappa shape index (κ3) is 3.73. The van der Waals surface area contributed by atoms with Crippen molar-refractivity contribution in [2.75, 3.05) is 23.8 Å². The van der Waals surface area contributed by atoms with Crippen molar-refractivity contribution in [1.29, 1.82) is 0 Å². The summed E-state index contributed by atoms with van der Waals surface area (Å²) in [6.45, 7) is 5.21. The van der Waals surface area contributed by atoms with Crippen molar-refractivity contribution in [2.24, 2.45) is 0 Å². The minimum Gasteiger partial charge on any atom is -0.456 e. The van der Waals surface area contributed by atoms with E-state index in [2.05, 4.69) is 55.4 Å². The highest BCUT2D eigenvalue weighted by Gasteiger charge is 2.53. The Kier molecular flexibility index (Phi) is 5.64. The number of para-hydroxylation sites is 1. The molecule has 1 spiro atoms. The van der Waals surface area contributed by atoms with E-state index in [1.807, 2.05) is 60.7 Å². The minimum absolute atomic E-state index is 0.323. The Morgan fingerprint density at radius 1 is 0.865 bits per heavy atom. The van der Waals surface area contributed by atoms with Gasteiger partial charge in [-0.1, -0.05) is 49.7 Å². The Morgan fingerprint density at radius 3 is 2.43 bits per heavy atom. The van der Waals surface area contributed by atoms with E-state index in [1.165, 1.54) is 0 Å². The summed E-state index contributed by atoms with van der Waals surface area (Å²) in [5, 5.41) is 3.53. The lowest BCUT2D eigenvalue weighted by molar-refractivity contribution is 0.0224. The van der Waals surface area contributed by atoms with Gasteiger partial charge in [-0.25, -0.2) is 4.79 Å². The van der Waals surface area contributed by atoms with Crippen LogP contribution in [0, 0.1) is 6.92 Å². The Balaban J connectivity index is 1.54. The molecule has 0 saturated heterocycles. The number of carbonyl (C=O) groups is 1. The van der Waals surface area contributed by atoms with Gasteiger partial charge in [0.15, 0.2) is 5.60 Å². The van der Waals surface area contributed by atoms with Crippen LogP contribution in [-0.4, -0.2) is 19.6 Å². The van der Waals surface area contributed by atoms with Crippen molar-refractivity contribution >= 4 is 23.0 Å². The van der Waals surface area contributed by atoms with Crippen molar-refractivity contribution in [3.05, 3.63) is 113 Å². The second-order valence-corrected chi connectivity index (χ2v) is 9.83. The molecule has 5 heteroatoms. The predicted octanol–water partition coefficient (Wildman–Crippen LogP) is 7.54. The van der Waals surface area contributed by atoms with Gasteiger partial charge in [0.05, 0.1) is 5.56 Å². The van der Waals surface area contributed by atoms with Crippen LogP contribution in [0.1, 0.15) is 52.4 Å². The predicted molar refractivity (Wildman–Crippen MR) is 147 cm³/mol. The summed E-state index contributed by atoms with van der Waals surface area (Å²) in [5.41, 5.74) is 6.02. The van der Waals surface area contributed by atoms with E-state index >= 15 is 0 Å². The number of esters is 1. The van der Waals surface area contributed by atoms with Crippen LogP contribution in [-0.2, 0) is 10.3 Å². The van der Waals surface area contributed by atoms with Gasteiger partial charge in [0.2, 0.25) is 0 Å². The lowest BCUT2D eigenvalue weighted by Crippen LogP contribution is -2.33. The van der Waals surface area contributed by atoms with Crippen molar-refractivity contribution in [3.63, 3.8) is 0 Å². The number of nitrogens with one attached hydrogen (secondary N) is 1. The first-order valence-corrected chi connectivity index (χ1v) is 12.8. The Hall–Kier alpha value is -4.25. The molecule has 0 radical (unpaired) electrons. The fourth-order valence-corrected chi connectivity index (χ4v) is 5.38. The summed E-state index contributed by atoms with van der Waals surface area (Å²) in [7, 11) is 2.10. The van der Waals surface area contributed by atoms with Crippen molar-refractivity contribution in [1.82, 2.24) is 0 Å². The molecule has 6 rings (SSSR count). The first-order valence-electron chi connectivity index (χ1n) is 12.8. The lowest BCUT2D eigenvalue weighted by Gasteiger charge is -2.37. The number of nitrogens with zero attached hydrogens (tertiary/aromatic N) is 1. The second kappa shape index (κ2) is 9.00. The van der Waals surface area contributed by atoms with Crippen LogP contribution in [0.3, 0.4) is 0 Å². The molecule has 186 valence electrons. The molecular weight excluding hydrogens is 460 g/mol. The standard InChI is InChI=1S/C32H30N2O3/c1-4-5-17-34(3)23-15-16-26-30(19-23)36-29-18-21(2)28(33-22-11-7-6-8-12-22)20-27(29)32(26)25-14-10-9-13-24(25)31(35)37-32/h6-16,18-20,33H,4-5,17H2,1-3H3. The maximum absolute atomic E-state index is 13.2. The Bertz CT molecular complexity index is 1500. The monoisotopic (exact) mass is 490 g/mol. The lowest BCUT2D eigenvalue weighted by atomic mass is 9.77. The molecular formula is C32H30N2O3. The molecule has 0 aromatic heterocycles. The molecule has 0 saturated carbocycles. The van der Waals surface area contributed by atoms with Gasteiger partial charge in [0.25, 0.3) is 0 Å². The van der Waals surface area contributed by atoms with E-state index in [-0.39, 0.29) is 5.97 Å². The van der Waals surface area contributed by atoms with E-state index in [0.29, 0.717) is 17.1 Å². The summed E-state index contributed by atoms with van der Waals surface area (Å²) in [5.74, 6) is 1.08. The maximum Gasteiger partial charge on any atom is 0.340 e. The van der Waals surface area contributed by atoms with Gasteiger partial charge in [-0.2, -0.15) is 0 Å². The van der Waals surface area contributed by atoms with Crippen LogP contribution < -0.4 is 15.0 Å². The number of hydrogen-bond donors (Lipinski definition) is 1. The normalized spacial score (nSPS) is 16.9. The van der Waals surface area contributed by atoms with Gasteiger partial charge in [-0.3, -0.25) is 0 Å². The Labute approximate surface area is 217 Å².